The molecule has 464 valence electrons. The number of aromatic nitrogens is 10. The van der Waals surface area contributed by atoms with Crippen molar-refractivity contribution in [1.29, 1.82) is 0 Å². The second-order valence-corrected chi connectivity index (χ2v) is 27.1. The second-order valence-electron chi connectivity index (χ2n) is 20.0. The van der Waals surface area contributed by atoms with E-state index in [0.29, 0.717) is 33.5 Å². The van der Waals surface area contributed by atoms with Crippen molar-refractivity contribution in [3.8, 4) is 22.3 Å². The van der Waals surface area contributed by atoms with Crippen LogP contribution >= 0.6 is 0 Å². The smallest absolute Gasteiger partial charge is 0.354 e. The minimum Gasteiger partial charge on any atom is -0.477 e. The van der Waals surface area contributed by atoms with Gasteiger partial charge in [-0.15, -0.1) is 0 Å². The first-order valence-corrected chi connectivity index (χ1v) is 33.1. The van der Waals surface area contributed by atoms with Gasteiger partial charge in [-0.3, -0.25) is 42.9 Å². The Labute approximate surface area is 529 Å². The number of ketones is 2. The highest BCUT2D eigenvalue weighted by atomic mass is 33.3. The fourth-order valence-electron chi connectivity index (χ4n) is 9.54. The van der Waals surface area contributed by atoms with Gasteiger partial charge >= 0.3 is 5.97 Å². The highest BCUT2D eigenvalue weighted by Gasteiger charge is 2.42. The number of carbonyl (C=O) groups is 8. The Morgan fingerprint density at radius 2 is 1.00 bits per heavy atom. The summed E-state index contributed by atoms with van der Waals surface area (Å²) in [5.74, 6) is -3.28. The number of aromatic carboxylic acids is 1. The molecule has 2 fully saturated rings. The van der Waals surface area contributed by atoms with Crippen LogP contribution in [0.4, 0.5) is 20.4 Å². The van der Waals surface area contributed by atoms with E-state index in [1.807, 2.05) is 6.07 Å². The predicted molar refractivity (Wildman–Crippen MR) is 343 cm³/mol. The van der Waals surface area contributed by atoms with Crippen molar-refractivity contribution in [1.82, 2.24) is 64.2 Å². The lowest BCUT2D eigenvalue weighted by atomic mass is 10.0. The van der Waals surface area contributed by atoms with Crippen molar-refractivity contribution in [2.75, 3.05) is 37.8 Å². The van der Waals surface area contributed by atoms with Gasteiger partial charge in [0.1, 0.15) is 77.9 Å². The van der Waals surface area contributed by atoms with Crippen LogP contribution in [0.1, 0.15) is 87.7 Å². The SMILES string of the molecule is C.CC(=O)c1nn(CC(=O)N2C[C@H](F)C[C@H]2C(=O)Nc2cccc(C(=O)N(C)C)n2)c2ccc(-c3cnc(C)nc3)cc12.CC(=O)c1nn(CC(=O)N2C[C@H](F)C[C@H]2C(=O)Nc2cccc(C(=O)O)n2)c2ccc(-c3cnc(C)nc3)cc12.S=S=S=S=S=S. The van der Waals surface area contributed by atoms with Crippen LogP contribution < -0.4 is 10.6 Å². The third-order valence-corrected chi connectivity index (χ3v) is 20.3. The number of amides is 5. The average Bonchev–Trinajstić information content (AvgIpc) is 1.73. The molecular formula is C57H57F2N15O9S6. The molecule has 2 aromatic carbocycles. The summed E-state index contributed by atoms with van der Waals surface area (Å²) in [5, 5.41) is 24.0. The number of alkyl halides is 2. The monoisotopic (exact) mass is 1330 g/mol. The number of fused-ring (bicyclic) bond motifs is 2. The predicted octanol–water partition coefficient (Wildman–Crippen LogP) is 5.98. The number of hydrogen-bond acceptors (Lipinski definition) is 18. The quantitative estimate of drug-likeness (QED) is 0.106. The zero-order valence-corrected chi connectivity index (χ0v) is 52.4. The van der Waals surface area contributed by atoms with Gasteiger partial charge in [-0.1, -0.05) is 31.7 Å². The molecule has 2 aliphatic rings. The largest absolute Gasteiger partial charge is 0.477 e. The Hall–Kier alpha value is -8.82. The lowest BCUT2D eigenvalue weighted by Gasteiger charge is -2.23. The normalized spacial score (nSPS) is 15.7. The highest BCUT2D eigenvalue weighted by molar-refractivity contribution is 8.64. The lowest BCUT2D eigenvalue weighted by molar-refractivity contribution is -0.137. The molecule has 0 unspecified atom stereocenters. The van der Waals surface area contributed by atoms with E-state index in [1.54, 1.807) is 89.1 Å². The number of hydrogen-bond donors (Lipinski definition) is 3. The van der Waals surface area contributed by atoms with Crippen LogP contribution in [0.3, 0.4) is 0 Å². The number of aryl methyl sites for hydroxylation is 2. The van der Waals surface area contributed by atoms with Gasteiger partial charge in [0, 0.05) is 145 Å². The van der Waals surface area contributed by atoms with E-state index in [4.69, 9.17) is 5.11 Å². The minimum atomic E-state index is -1.43. The molecular weight excluding hydrogens is 1270 g/mol. The number of Topliss-reactive ketones (excluding diaryl/α,β-unsaturated/α-hetero) is 2. The fourth-order valence-corrected chi connectivity index (χ4v) is 15.0. The number of halogens is 2. The first-order valence-electron chi connectivity index (χ1n) is 26.4. The average molecular weight is 1330 g/mol. The zero-order valence-electron chi connectivity index (χ0n) is 47.5. The Morgan fingerprint density at radius 3 is 1.37 bits per heavy atom. The van der Waals surface area contributed by atoms with Gasteiger partial charge in [0.05, 0.1) is 24.1 Å². The number of benzene rings is 2. The molecule has 2 saturated heterocycles. The number of pyridine rings is 2. The third kappa shape index (κ3) is 16.7. The fraction of sp³-hybridized carbons (Fsp3) is 0.298. The third-order valence-electron chi connectivity index (χ3n) is 13.6. The van der Waals surface area contributed by atoms with Gasteiger partial charge in [-0.25, -0.2) is 43.5 Å². The number of rotatable bonds is 14. The van der Waals surface area contributed by atoms with Crippen molar-refractivity contribution in [3.05, 3.63) is 132 Å². The summed E-state index contributed by atoms with van der Waals surface area (Å²) in [5.41, 5.74) is 4.30. The molecule has 89 heavy (non-hydrogen) atoms. The maximum atomic E-state index is 14.6. The van der Waals surface area contributed by atoms with Crippen LogP contribution in [0, 0.1) is 13.8 Å². The highest BCUT2D eigenvalue weighted by Crippen LogP contribution is 2.31. The Bertz CT molecular complexity index is 4230. The number of carboxylic acids is 1. The van der Waals surface area contributed by atoms with Crippen LogP contribution in [-0.4, -0.2) is 168 Å². The van der Waals surface area contributed by atoms with Crippen molar-refractivity contribution < 1.29 is 52.2 Å². The Kier molecular flexibility index (Phi) is 23.1. The van der Waals surface area contributed by atoms with E-state index in [2.05, 4.69) is 73.1 Å². The van der Waals surface area contributed by atoms with Crippen LogP contribution in [0.5, 0.6) is 0 Å². The molecule has 2 aliphatic heterocycles. The summed E-state index contributed by atoms with van der Waals surface area (Å²) in [6.07, 6.45) is 3.46. The molecule has 6 aromatic heterocycles. The standard InChI is InChI=1S/C29H29FN8O4.C27H24FN7O5.CH4.S6/c1-16(39)27-21-10-18(19-12-31-17(2)32-13-19)8-9-23(21)38(35-27)15-26(40)37-14-20(30)11-24(37)28(41)34-25-7-5-6-22(33-25)29(42)36(3)4;1-14(36)25-19-8-16(17-10-29-15(2)30-11-17)6-7-21(19)35(33-25)13-24(37)34-12-18(28)9-22(34)26(38)32-23-5-3-4-20(31-23)27(39)40;;1-3-5-6-4-2/h5-10,12-13,20,24H,11,14-15H2,1-4H3,(H,33,34,41);3-8,10-11,18,22H,9,12-13H2,1-2H3,(H,39,40)(H,31,32,38);1H4;/t20-,24+;18-,22+;;/m11../s1. The van der Waals surface area contributed by atoms with Gasteiger partial charge in [0.15, 0.2) is 17.3 Å². The Morgan fingerprint density at radius 1 is 0.607 bits per heavy atom. The van der Waals surface area contributed by atoms with E-state index >= 15 is 0 Å². The van der Waals surface area contributed by atoms with Gasteiger partial charge in [-0.05, 0) is 73.5 Å². The first kappa shape index (κ1) is 67.7. The number of anilines is 2. The summed E-state index contributed by atoms with van der Waals surface area (Å²) in [4.78, 5) is 130. The van der Waals surface area contributed by atoms with Crippen LogP contribution in [0.25, 0.3) is 44.1 Å². The summed E-state index contributed by atoms with van der Waals surface area (Å²) >= 11 is 9.03. The summed E-state index contributed by atoms with van der Waals surface area (Å²) in [7, 11) is 8.80. The van der Waals surface area contributed by atoms with E-state index < -0.39 is 54.0 Å². The molecule has 0 aliphatic carbocycles. The van der Waals surface area contributed by atoms with E-state index in [1.165, 1.54) is 98.9 Å². The molecule has 8 heterocycles. The molecule has 5 amide bonds. The first-order chi connectivity index (χ1) is 42.0. The van der Waals surface area contributed by atoms with E-state index in [0.717, 1.165) is 27.2 Å². The number of likely N-dealkylation sites (tertiary alicyclic amines) is 2. The molecule has 8 aromatic rings. The molecule has 0 bridgehead atoms. The van der Waals surface area contributed by atoms with Crippen molar-refractivity contribution in [2.24, 2.45) is 0 Å². The van der Waals surface area contributed by atoms with Gasteiger partial charge in [0.2, 0.25) is 23.6 Å². The lowest BCUT2D eigenvalue weighted by Crippen LogP contribution is -2.44. The van der Waals surface area contributed by atoms with Gasteiger partial charge in [-0.2, -0.15) is 10.2 Å². The number of nitrogens with one attached hydrogen (secondary N) is 2. The summed E-state index contributed by atoms with van der Waals surface area (Å²) in [6.45, 7) is 5.12. The minimum absolute atomic E-state index is 0. The molecule has 0 spiro atoms. The number of carboxylic acid groups (broad SMARTS) is 1. The second kappa shape index (κ2) is 30.4. The van der Waals surface area contributed by atoms with E-state index in [-0.39, 0.29) is 98.3 Å². The molecule has 0 saturated carbocycles. The maximum Gasteiger partial charge on any atom is 0.354 e. The van der Waals surface area contributed by atoms with Crippen LogP contribution in [-0.2, 0) is 90.2 Å². The van der Waals surface area contributed by atoms with Gasteiger partial charge < -0.3 is 30.4 Å². The topological polar surface area (TPSA) is 304 Å². The van der Waals surface area contributed by atoms with Crippen molar-refractivity contribution in [3.63, 3.8) is 0 Å². The van der Waals surface area contributed by atoms with Crippen LogP contribution in [0.15, 0.2) is 97.6 Å². The van der Waals surface area contributed by atoms with Crippen molar-refractivity contribution in [2.45, 2.75) is 85.5 Å². The summed E-state index contributed by atoms with van der Waals surface area (Å²) in [6, 6.07) is 17.1. The molecule has 24 nitrogen and oxygen atoms in total. The van der Waals surface area contributed by atoms with E-state index in [9.17, 15) is 47.1 Å². The molecule has 10 rings (SSSR count). The van der Waals surface area contributed by atoms with Crippen molar-refractivity contribution >= 4 is 138 Å². The van der Waals surface area contributed by atoms with Crippen LogP contribution in [0.2, 0.25) is 0 Å². The Balaban J connectivity index is 0.000000230. The summed E-state index contributed by atoms with van der Waals surface area (Å²) < 4.78 is 31.8. The van der Waals surface area contributed by atoms with Gasteiger partial charge in [0.25, 0.3) is 5.91 Å². The number of carbonyl (C=O) groups excluding carboxylic acids is 7. The molecule has 4 atom stereocenters. The number of nitrogens with zero attached hydrogens (tertiary/aromatic N) is 13. The molecule has 32 heteroatoms. The molecule has 0 radical (unpaired) electrons. The maximum absolute atomic E-state index is 14.6. The molecule has 3 N–H and O–H groups in total. The zero-order chi connectivity index (χ0) is 63.5.